The van der Waals surface area contributed by atoms with Crippen LogP contribution in [0.2, 0.25) is 0 Å². The zero-order valence-electron chi connectivity index (χ0n) is 10.5. The molecule has 0 saturated carbocycles. The molecule has 1 aliphatic heterocycles. The summed E-state index contributed by atoms with van der Waals surface area (Å²) in [4.78, 5) is 14.5. The van der Waals surface area contributed by atoms with Crippen molar-refractivity contribution in [1.29, 1.82) is 0 Å². The van der Waals surface area contributed by atoms with E-state index in [0.717, 1.165) is 35.0 Å². The van der Waals surface area contributed by atoms with Gasteiger partial charge in [0.1, 0.15) is 0 Å². The lowest BCUT2D eigenvalue weighted by Crippen LogP contribution is -2.44. The van der Waals surface area contributed by atoms with Crippen LogP contribution in [0.25, 0.3) is 0 Å². The Bertz CT molecular complexity index is 449. The van der Waals surface area contributed by atoms with Crippen molar-refractivity contribution in [3.8, 4) is 0 Å². The fourth-order valence-corrected chi connectivity index (χ4v) is 3.11. The number of halogens is 2. The van der Waals surface area contributed by atoms with Gasteiger partial charge in [-0.15, -0.1) is 11.6 Å². The number of benzene rings is 1. The molecular weight excluding hydrogens is 314 g/mol. The Morgan fingerprint density at radius 1 is 1.50 bits per heavy atom. The van der Waals surface area contributed by atoms with Gasteiger partial charge in [0.05, 0.1) is 0 Å². The minimum Gasteiger partial charge on any atom is -0.334 e. The van der Waals surface area contributed by atoms with Crippen LogP contribution in [-0.4, -0.2) is 29.3 Å². The van der Waals surface area contributed by atoms with E-state index < -0.39 is 0 Å². The third-order valence-corrected chi connectivity index (χ3v) is 4.78. The molecule has 0 aliphatic carbocycles. The zero-order chi connectivity index (χ0) is 13.1. The number of nitrogens with zero attached hydrogens (tertiary/aromatic N) is 1. The maximum absolute atomic E-state index is 12.6. The third kappa shape index (κ3) is 2.72. The molecule has 0 radical (unpaired) electrons. The molecule has 1 aromatic rings. The average Bonchev–Trinajstić information content (AvgIpc) is 2.41. The predicted molar refractivity (Wildman–Crippen MR) is 78.3 cm³/mol. The molecule has 1 aromatic carbocycles. The Hall–Kier alpha value is -0.540. The van der Waals surface area contributed by atoms with Crippen LogP contribution in [0, 0.1) is 6.92 Å². The van der Waals surface area contributed by atoms with Crippen LogP contribution in [-0.2, 0) is 0 Å². The first-order valence-electron chi connectivity index (χ1n) is 6.27. The summed E-state index contributed by atoms with van der Waals surface area (Å²) in [6.07, 6.45) is 3.26. The monoisotopic (exact) mass is 329 g/mol. The highest BCUT2D eigenvalue weighted by Gasteiger charge is 2.27. The number of alkyl halides is 1. The lowest BCUT2D eigenvalue weighted by Gasteiger charge is -2.35. The van der Waals surface area contributed by atoms with Crippen molar-refractivity contribution in [1.82, 2.24) is 4.90 Å². The Labute approximate surface area is 121 Å². The number of amides is 1. The summed E-state index contributed by atoms with van der Waals surface area (Å²) in [7, 11) is 0. The summed E-state index contributed by atoms with van der Waals surface area (Å²) in [6, 6.07) is 5.94. The first kappa shape index (κ1) is 13.9. The van der Waals surface area contributed by atoms with Crippen molar-refractivity contribution < 1.29 is 4.79 Å². The first-order chi connectivity index (χ1) is 8.65. The van der Waals surface area contributed by atoms with Crippen LogP contribution in [0.1, 0.15) is 35.2 Å². The van der Waals surface area contributed by atoms with Crippen molar-refractivity contribution in [2.45, 2.75) is 32.2 Å². The van der Waals surface area contributed by atoms with E-state index >= 15 is 0 Å². The maximum Gasteiger partial charge on any atom is 0.254 e. The lowest BCUT2D eigenvalue weighted by atomic mass is 10.0. The van der Waals surface area contributed by atoms with Gasteiger partial charge in [0.25, 0.3) is 5.91 Å². The molecule has 1 unspecified atom stereocenters. The molecule has 98 valence electrons. The normalized spacial score (nSPS) is 19.9. The standard InChI is InChI=1S/C14H17BrClNO/c1-10-12(6-4-7-13(10)15)14(18)17-8-3-2-5-11(17)9-16/h4,6-7,11H,2-3,5,8-9H2,1H3. The maximum atomic E-state index is 12.6. The van der Waals surface area contributed by atoms with Crippen molar-refractivity contribution >= 4 is 33.4 Å². The number of carbonyl (C=O) groups is 1. The summed E-state index contributed by atoms with van der Waals surface area (Å²) in [5.41, 5.74) is 1.78. The molecule has 1 fully saturated rings. The van der Waals surface area contributed by atoms with Crippen molar-refractivity contribution in [3.63, 3.8) is 0 Å². The Morgan fingerprint density at radius 2 is 2.28 bits per heavy atom. The summed E-state index contributed by atoms with van der Waals surface area (Å²) in [5.74, 6) is 0.637. The molecule has 0 spiro atoms. The van der Waals surface area contributed by atoms with Gasteiger partial charge in [-0.2, -0.15) is 0 Å². The largest absolute Gasteiger partial charge is 0.334 e. The van der Waals surface area contributed by atoms with Gasteiger partial charge >= 0.3 is 0 Å². The summed E-state index contributed by atoms with van der Waals surface area (Å²) >= 11 is 9.45. The quantitative estimate of drug-likeness (QED) is 0.751. The molecule has 0 N–H and O–H groups in total. The van der Waals surface area contributed by atoms with Gasteiger partial charge in [-0.25, -0.2) is 0 Å². The smallest absolute Gasteiger partial charge is 0.254 e. The number of hydrogen-bond donors (Lipinski definition) is 0. The van der Waals surface area contributed by atoms with Crippen LogP contribution in [0.15, 0.2) is 22.7 Å². The van der Waals surface area contributed by atoms with Crippen molar-refractivity contribution in [2.75, 3.05) is 12.4 Å². The molecule has 4 heteroatoms. The molecule has 0 bridgehead atoms. The number of piperidine rings is 1. The van der Waals surface area contributed by atoms with Gasteiger partial charge in [-0.3, -0.25) is 4.79 Å². The Kier molecular flexibility index (Phi) is 4.68. The van der Waals surface area contributed by atoms with E-state index in [1.54, 1.807) is 0 Å². The van der Waals surface area contributed by atoms with Crippen LogP contribution in [0.3, 0.4) is 0 Å². The highest BCUT2D eigenvalue weighted by molar-refractivity contribution is 9.10. The second-order valence-electron chi connectivity index (χ2n) is 4.71. The predicted octanol–water partition coefficient (Wildman–Crippen LogP) is 3.99. The molecule has 2 rings (SSSR count). The molecule has 1 aliphatic rings. The van der Waals surface area contributed by atoms with Gasteiger partial charge in [0.15, 0.2) is 0 Å². The molecule has 1 saturated heterocycles. The van der Waals surface area contributed by atoms with Gasteiger partial charge in [-0.05, 0) is 43.9 Å². The minimum absolute atomic E-state index is 0.110. The van der Waals surface area contributed by atoms with Gasteiger partial charge < -0.3 is 4.90 Å². The van der Waals surface area contributed by atoms with Crippen LogP contribution in [0.5, 0.6) is 0 Å². The van der Waals surface area contributed by atoms with Crippen LogP contribution < -0.4 is 0 Å². The summed E-state index contributed by atoms with van der Waals surface area (Å²) < 4.78 is 0.979. The summed E-state index contributed by atoms with van der Waals surface area (Å²) in [5, 5.41) is 0. The van der Waals surface area contributed by atoms with E-state index in [-0.39, 0.29) is 11.9 Å². The molecule has 18 heavy (non-hydrogen) atoms. The number of carbonyl (C=O) groups excluding carboxylic acids is 1. The highest BCUT2D eigenvalue weighted by Crippen LogP contribution is 2.25. The minimum atomic E-state index is 0.110. The van der Waals surface area contributed by atoms with Crippen LogP contribution in [0.4, 0.5) is 0 Å². The molecule has 0 aromatic heterocycles. The van der Waals surface area contributed by atoms with Crippen molar-refractivity contribution in [3.05, 3.63) is 33.8 Å². The van der Waals surface area contributed by atoms with E-state index in [1.807, 2.05) is 30.0 Å². The summed E-state index contributed by atoms with van der Waals surface area (Å²) in [6.45, 7) is 2.79. The fourth-order valence-electron chi connectivity index (χ4n) is 2.42. The Balaban J connectivity index is 2.27. The van der Waals surface area contributed by atoms with Gasteiger partial charge in [0, 0.05) is 28.5 Å². The van der Waals surface area contributed by atoms with Crippen LogP contribution >= 0.6 is 27.5 Å². The second kappa shape index (κ2) is 6.07. The molecule has 2 nitrogen and oxygen atoms in total. The van der Waals surface area contributed by atoms with E-state index in [0.29, 0.717) is 5.88 Å². The Morgan fingerprint density at radius 3 is 3.00 bits per heavy atom. The SMILES string of the molecule is Cc1c(Br)cccc1C(=O)N1CCCCC1CCl. The highest BCUT2D eigenvalue weighted by atomic mass is 79.9. The fraction of sp³-hybridized carbons (Fsp3) is 0.500. The van der Waals surface area contributed by atoms with E-state index in [4.69, 9.17) is 11.6 Å². The third-order valence-electron chi connectivity index (χ3n) is 3.56. The van der Waals surface area contributed by atoms with E-state index in [1.165, 1.54) is 6.42 Å². The molecular formula is C14H17BrClNO. The molecule has 1 heterocycles. The zero-order valence-corrected chi connectivity index (χ0v) is 12.8. The number of hydrogen-bond acceptors (Lipinski definition) is 1. The average molecular weight is 331 g/mol. The van der Waals surface area contributed by atoms with E-state index in [2.05, 4.69) is 15.9 Å². The second-order valence-corrected chi connectivity index (χ2v) is 5.88. The van der Waals surface area contributed by atoms with E-state index in [9.17, 15) is 4.79 Å². The topological polar surface area (TPSA) is 20.3 Å². The number of likely N-dealkylation sites (tertiary alicyclic amines) is 1. The first-order valence-corrected chi connectivity index (χ1v) is 7.60. The number of rotatable bonds is 2. The van der Waals surface area contributed by atoms with Gasteiger partial charge in [-0.1, -0.05) is 22.0 Å². The molecule has 1 atom stereocenters. The lowest BCUT2D eigenvalue weighted by molar-refractivity contribution is 0.0638. The van der Waals surface area contributed by atoms with Crippen molar-refractivity contribution in [2.24, 2.45) is 0 Å². The van der Waals surface area contributed by atoms with Gasteiger partial charge in [0.2, 0.25) is 0 Å². The molecule has 1 amide bonds.